The quantitative estimate of drug-likeness (QED) is 0.575. The lowest BCUT2D eigenvalue weighted by atomic mass is 10.3. The molecule has 10 heavy (non-hydrogen) atoms. The first kappa shape index (κ1) is 7.82. The maximum absolute atomic E-state index is 3.54. The van der Waals surface area contributed by atoms with E-state index in [1.807, 2.05) is 26.5 Å². The standard InChI is InChI=1S/C7H11BrN2/c1-10(2)7(8)6-3-4-9-5-6/h3-5,7,9H,1-2H3. The van der Waals surface area contributed by atoms with E-state index in [1.165, 1.54) is 5.56 Å². The minimum Gasteiger partial charge on any atom is -0.367 e. The van der Waals surface area contributed by atoms with Crippen LogP contribution in [0.3, 0.4) is 0 Å². The highest BCUT2D eigenvalue weighted by Crippen LogP contribution is 2.23. The SMILES string of the molecule is CN(C)C(Br)c1cc[nH]c1. The van der Waals surface area contributed by atoms with E-state index < -0.39 is 0 Å². The molecule has 1 heterocycles. The van der Waals surface area contributed by atoms with Gasteiger partial charge in [-0.1, -0.05) is 15.9 Å². The molecule has 1 atom stereocenters. The molecular weight excluding hydrogens is 192 g/mol. The van der Waals surface area contributed by atoms with Gasteiger partial charge < -0.3 is 4.98 Å². The lowest BCUT2D eigenvalue weighted by Crippen LogP contribution is -2.13. The summed E-state index contributed by atoms with van der Waals surface area (Å²) in [7, 11) is 4.07. The lowest BCUT2D eigenvalue weighted by Gasteiger charge is -2.15. The van der Waals surface area contributed by atoms with Crippen LogP contribution in [0.4, 0.5) is 0 Å². The van der Waals surface area contributed by atoms with E-state index in [1.54, 1.807) is 0 Å². The van der Waals surface area contributed by atoms with E-state index in [9.17, 15) is 0 Å². The van der Waals surface area contributed by atoms with Crippen molar-refractivity contribution in [3.05, 3.63) is 24.0 Å². The molecule has 0 saturated heterocycles. The summed E-state index contributed by atoms with van der Waals surface area (Å²) in [5.41, 5.74) is 1.25. The highest BCUT2D eigenvalue weighted by Gasteiger charge is 2.08. The normalized spacial score (nSPS) is 14.0. The number of hydrogen-bond donors (Lipinski definition) is 1. The molecule has 0 aliphatic heterocycles. The smallest absolute Gasteiger partial charge is 0.0921 e. The van der Waals surface area contributed by atoms with Crippen LogP contribution in [0.25, 0.3) is 0 Å². The summed E-state index contributed by atoms with van der Waals surface area (Å²) in [6, 6.07) is 2.05. The maximum Gasteiger partial charge on any atom is 0.0921 e. The maximum atomic E-state index is 3.54. The summed E-state index contributed by atoms with van der Waals surface area (Å²) in [4.78, 5) is 5.43. The lowest BCUT2D eigenvalue weighted by molar-refractivity contribution is 0.398. The molecule has 0 radical (unpaired) electrons. The molecule has 2 nitrogen and oxygen atoms in total. The van der Waals surface area contributed by atoms with Crippen LogP contribution < -0.4 is 0 Å². The fourth-order valence-electron chi connectivity index (χ4n) is 0.783. The highest BCUT2D eigenvalue weighted by atomic mass is 79.9. The first-order valence-electron chi connectivity index (χ1n) is 3.15. The summed E-state index contributed by atoms with van der Waals surface area (Å²) in [5.74, 6) is 0. The molecule has 0 spiro atoms. The van der Waals surface area contributed by atoms with Crippen molar-refractivity contribution in [3.8, 4) is 0 Å². The summed E-state index contributed by atoms with van der Waals surface area (Å²) >= 11 is 3.54. The van der Waals surface area contributed by atoms with Crippen LogP contribution >= 0.6 is 15.9 Å². The summed E-state index contributed by atoms with van der Waals surface area (Å²) in [5, 5.41) is 0. The van der Waals surface area contributed by atoms with Crippen LogP contribution in [0.2, 0.25) is 0 Å². The molecule has 3 heteroatoms. The topological polar surface area (TPSA) is 19.0 Å². The summed E-state index contributed by atoms with van der Waals surface area (Å²) < 4.78 is 0. The fraction of sp³-hybridized carbons (Fsp3) is 0.429. The zero-order valence-electron chi connectivity index (χ0n) is 6.13. The van der Waals surface area contributed by atoms with Crippen molar-refractivity contribution in [2.75, 3.05) is 14.1 Å². The third-order valence-electron chi connectivity index (χ3n) is 1.35. The van der Waals surface area contributed by atoms with Crippen molar-refractivity contribution in [3.63, 3.8) is 0 Å². The Labute approximate surface area is 69.4 Å². The van der Waals surface area contributed by atoms with Crippen LogP contribution in [-0.2, 0) is 0 Å². The zero-order chi connectivity index (χ0) is 7.56. The van der Waals surface area contributed by atoms with E-state index in [4.69, 9.17) is 0 Å². The molecule has 56 valence electrons. The van der Waals surface area contributed by atoms with E-state index in [-0.39, 0.29) is 0 Å². The Morgan fingerprint density at radius 2 is 2.30 bits per heavy atom. The number of rotatable bonds is 2. The van der Waals surface area contributed by atoms with Crippen molar-refractivity contribution in [1.29, 1.82) is 0 Å². The number of aromatic nitrogens is 1. The van der Waals surface area contributed by atoms with Gasteiger partial charge in [0.15, 0.2) is 0 Å². The van der Waals surface area contributed by atoms with Crippen molar-refractivity contribution in [1.82, 2.24) is 9.88 Å². The molecule has 1 aromatic rings. The van der Waals surface area contributed by atoms with Crippen LogP contribution in [0.1, 0.15) is 10.5 Å². The average Bonchev–Trinajstić information content (AvgIpc) is 2.36. The van der Waals surface area contributed by atoms with Gasteiger partial charge in [-0.15, -0.1) is 0 Å². The van der Waals surface area contributed by atoms with Gasteiger partial charge in [0.05, 0.1) is 4.95 Å². The second-order valence-electron chi connectivity index (χ2n) is 2.44. The Morgan fingerprint density at radius 3 is 2.70 bits per heavy atom. The molecule has 0 bridgehead atoms. The fourth-order valence-corrected chi connectivity index (χ4v) is 1.07. The van der Waals surface area contributed by atoms with Gasteiger partial charge in [-0.2, -0.15) is 0 Å². The third-order valence-corrected chi connectivity index (χ3v) is 2.70. The minimum atomic E-state index is 0.318. The second-order valence-corrected chi connectivity index (χ2v) is 3.31. The van der Waals surface area contributed by atoms with Gasteiger partial charge in [-0.25, -0.2) is 0 Å². The number of aromatic amines is 1. The van der Waals surface area contributed by atoms with Gasteiger partial charge in [-0.3, -0.25) is 4.90 Å². The average molecular weight is 203 g/mol. The molecule has 1 rings (SSSR count). The molecule has 1 aromatic heterocycles. The first-order valence-corrected chi connectivity index (χ1v) is 4.06. The second kappa shape index (κ2) is 3.21. The number of alkyl halides is 1. The number of hydrogen-bond acceptors (Lipinski definition) is 1. The van der Waals surface area contributed by atoms with Gasteiger partial charge in [0, 0.05) is 12.4 Å². The molecule has 0 aliphatic rings. The van der Waals surface area contributed by atoms with Gasteiger partial charge in [0.25, 0.3) is 0 Å². The Bertz CT molecular complexity index is 181. The predicted molar refractivity (Wildman–Crippen MR) is 46.1 cm³/mol. The summed E-state index contributed by atoms with van der Waals surface area (Å²) in [6.45, 7) is 0. The number of nitrogens with one attached hydrogen (secondary N) is 1. The Morgan fingerprint density at radius 1 is 1.60 bits per heavy atom. The van der Waals surface area contributed by atoms with Crippen LogP contribution in [0.5, 0.6) is 0 Å². The van der Waals surface area contributed by atoms with Crippen LogP contribution in [0.15, 0.2) is 18.5 Å². The number of nitrogens with zero attached hydrogens (tertiary/aromatic N) is 1. The third kappa shape index (κ3) is 1.61. The van der Waals surface area contributed by atoms with Crippen molar-refractivity contribution in [2.24, 2.45) is 0 Å². The van der Waals surface area contributed by atoms with Gasteiger partial charge in [-0.05, 0) is 25.7 Å². The minimum absolute atomic E-state index is 0.318. The molecule has 0 fully saturated rings. The summed E-state index contributed by atoms with van der Waals surface area (Å²) in [6.07, 6.45) is 3.91. The van der Waals surface area contributed by atoms with E-state index in [0.29, 0.717) is 4.95 Å². The molecule has 0 saturated carbocycles. The van der Waals surface area contributed by atoms with Gasteiger partial charge in [0.2, 0.25) is 0 Å². The Hall–Kier alpha value is -0.280. The zero-order valence-corrected chi connectivity index (χ0v) is 7.72. The first-order chi connectivity index (χ1) is 4.72. The van der Waals surface area contributed by atoms with E-state index >= 15 is 0 Å². The molecule has 1 unspecified atom stereocenters. The molecule has 0 amide bonds. The Balaban J connectivity index is 2.68. The molecule has 0 aliphatic carbocycles. The monoisotopic (exact) mass is 202 g/mol. The van der Waals surface area contributed by atoms with Gasteiger partial charge >= 0.3 is 0 Å². The van der Waals surface area contributed by atoms with Crippen LogP contribution in [0, 0.1) is 0 Å². The molecule has 0 aromatic carbocycles. The van der Waals surface area contributed by atoms with E-state index in [2.05, 4.69) is 31.9 Å². The number of halogens is 1. The van der Waals surface area contributed by atoms with Crippen LogP contribution in [-0.4, -0.2) is 24.0 Å². The van der Waals surface area contributed by atoms with E-state index in [0.717, 1.165) is 0 Å². The highest BCUT2D eigenvalue weighted by molar-refractivity contribution is 9.09. The number of H-pyrrole nitrogens is 1. The van der Waals surface area contributed by atoms with Crippen molar-refractivity contribution >= 4 is 15.9 Å². The van der Waals surface area contributed by atoms with Gasteiger partial charge in [0.1, 0.15) is 0 Å². The van der Waals surface area contributed by atoms with Crippen molar-refractivity contribution < 1.29 is 0 Å². The molecule has 1 N–H and O–H groups in total. The predicted octanol–water partition coefficient (Wildman–Crippen LogP) is 1.97. The largest absolute Gasteiger partial charge is 0.367 e. The molecular formula is C7H11BrN2. The Kier molecular flexibility index (Phi) is 2.51. The van der Waals surface area contributed by atoms with Crippen molar-refractivity contribution in [2.45, 2.75) is 4.95 Å².